The lowest BCUT2D eigenvalue weighted by Crippen LogP contribution is -2.13. The van der Waals surface area contributed by atoms with Gasteiger partial charge in [-0.15, -0.1) is 46.4 Å². The molecule has 0 aliphatic rings. The highest BCUT2D eigenvalue weighted by atomic mass is 35.5. The van der Waals surface area contributed by atoms with Crippen molar-refractivity contribution in [2.75, 3.05) is 23.5 Å². The van der Waals surface area contributed by atoms with E-state index in [1.54, 1.807) is 0 Å². The highest BCUT2D eigenvalue weighted by molar-refractivity contribution is 7.51. The Kier molecular flexibility index (Phi) is 23.1. The van der Waals surface area contributed by atoms with E-state index in [1.165, 1.54) is 0 Å². The Morgan fingerprint density at radius 1 is 0.619 bits per heavy atom. The molecule has 0 aromatic heterocycles. The highest BCUT2D eigenvalue weighted by Crippen LogP contribution is 1.86. The first-order chi connectivity index (χ1) is 9.82. The summed E-state index contributed by atoms with van der Waals surface area (Å²) in [6, 6.07) is 0. The quantitative estimate of drug-likeness (QED) is 0.374. The molecule has 0 fully saturated rings. The van der Waals surface area contributed by atoms with Gasteiger partial charge in [-0.2, -0.15) is 8.42 Å². The van der Waals surface area contributed by atoms with E-state index in [0.29, 0.717) is 0 Å². The van der Waals surface area contributed by atoms with Crippen molar-refractivity contribution in [3.05, 3.63) is 0 Å². The van der Waals surface area contributed by atoms with Gasteiger partial charge in [-0.3, -0.25) is 19.2 Å². The summed E-state index contributed by atoms with van der Waals surface area (Å²) in [6.07, 6.45) is 0. The second-order valence-corrected chi connectivity index (χ2v) is 3.50. The van der Waals surface area contributed by atoms with Gasteiger partial charge in [-0.1, -0.05) is 0 Å². The summed E-state index contributed by atoms with van der Waals surface area (Å²) in [4.78, 5) is 40.6. The zero-order chi connectivity index (χ0) is 17.3. The molecule has 0 aromatic carbocycles. The van der Waals surface area contributed by atoms with Gasteiger partial charge in [0.15, 0.2) is 0 Å². The summed E-state index contributed by atoms with van der Waals surface area (Å²) in [5, 5.41) is 0. The first-order valence-corrected chi connectivity index (χ1v) is 7.25. The van der Waals surface area contributed by atoms with E-state index in [2.05, 4.69) is 9.47 Å². The Labute approximate surface area is 142 Å². The zero-order valence-corrected chi connectivity index (χ0v) is 13.9. The summed E-state index contributed by atoms with van der Waals surface area (Å²) in [6.45, 7) is 0. The molecule has 0 saturated heterocycles. The lowest BCUT2D eigenvalue weighted by Gasteiger charge is -1.93. The highest BCUT2D eigenvalue weighted by Gasteiger charge is 2.06. The summed E-state index contributed by atoms with van der Waals surface area (Å²) in [5.74, 6) is -4.43. The predicted octanol–water partition coefficient (Wildman–Crippen LogP) is 0.397. The van der Waals surface area contributed by atoms with Gasteiger partial charge in [0.05, 0.1) is 0 Å². The lowest BCUT2D eigenvalue weighted by atomic mass is 10.7. The summed E-state index contributed by atoms with van der Waals surface area (Å²) < 4.78 is 24.6. The molecule has 0 bridgehead atoms. The largest absolute Gasteiger partial charge is 0.391 e. The lowest BCUT2D eigenvalue weighted by molar-refractivity contribution is -0.157. The van der Waals surface area contributed by atoms with E-state index >= 15 is 0 Å². The Morgan fingerprint density at radius 2 is 0.762 bits per heavy atom. The molecule has 21 heavy (non-hydrogen) atoms. The molecule has 0 saturated carbocycles. The Bertz CT molecular complexity index is 324. The van der Waals surface area contributed by atoms with E-state index in [4.69, 9.17) is 54.8 Å². The van der Waals surface area contributed by atoms with Crippen molar-refractivity contribution in [2.24, 2.45) is 0 Å². The molecule has 0 radical (unpaired) electrons. The molecular formula is C8H8Cl4O8S. The average Bonchev–Trinajstić information content (AvgIpc) is 2.47. The molecular weight excluding hydrogens is 398 g/mol. The fourth-order valence-electron chi connectivity index (χ4n) is 0.363. The third kappa shape index (κ3) is 24.6. The third-order valence-corrected chi connectivity index (χ3v) is 1.76. The maximum Gasteiger partial charge on any atom is 0.335 e. The van der Waals surface area contributed by atoms with Gasteiger partial charge in [0.25, 0.3) is 0 Å². The second-order valence-electron chi connectivity index (χ2n) is 2.29. The fourth-order valence-corrected chi connectivity index (χ4v) is 0.581. The minimum atomic E-state index is -0.776. The summed E-state index contributed by atoms with van der Waals surface area (Å²) in [5.41, 5.74) is 0. The number of carbonyl (C=O) groups excluding carboxylic acids is 4. The molecule has 0 N–H and O–H groups in total. The second kappa shape index (κ2) is 19.3. The number of rotatable bonds is 4. The van der Waals surface area contributed by atoms with Gasteiger partial charge in [0.2, 0.25) is 0 Å². The van der Waals surface area contributed by atoms with Crippen LogP contribution >= 0.6 is 46.4 Å². The van der Waals surface area contributed by atoms with Crippen molar-refractivity contribution in [1.82, 2.24) is 0 Å². The first-order valence-electron chi connectivity index (χ1n) is 4.45. The Hall–Kier alpha value is -0.740. The molecule has 0 aliphatic carbocycles. The molecule has 0 unspecified atom stereocenters. The van der Waals surface area contributed by atoms with E-state index in [-0.39, 0.29) is 23.5 Å². The SMILES string of the molecule is O=C(CCl)OC(=O)CCl.O=C(CCl)OC(=O)CCl.O=S=O. The minimum absolute atomic E-state index is 0.331. The zero-order valence-electron chi connectivity index (χ0n) is 10.0. The number of ether oxygens (including phenoxy) is 2. The first kappa shape index (κ1) is 25.2. The van der Waals surface area contributed by atoms with Gasteiger partial charge < -0.3 is 9.47 Å². The number of halogens is 4. The van der Waals surface area contributed by atoms with Crippen molar-refractivity contribution in [2.45, 2.75) is 0 Å². The van der Waals surface area contributed by atoms with Crippen molar-refractivity contribution in [1.29, 1.82) is 0 Å². The monoisotopic (exact) mass is 404 g/mol. The van der Waals surface area contributed by atoms with Crippen LogP contribution in [0.2, 0.25) is 0 Å². The summed E-state index contributed by atoms with van der Waals surface area (Å²) >= 11 is 19.2. The normalized spacial score (nSPS) is 8.00. The average molecular weight is 406 g/mol. The van der Waals surface area contributed by atoms with Crippen LogP contribution in [0.15, 0.2) is 0 Å². The Morgan fingerprint density at radius 3 is 0.857 bits per heavy atom. The number of hydrogen-bond donors (Lipinski definition) is 0. The number of hydrogen-bond acceptors (Lipinski definition) is 8. The molecule has 0 amide bonds. The van der Waals surface area contributed by atoms with Crippen molar-refractivity contribution < 1.29 is 37.1 Å². The van der Waals surface area contributed by atoms with Crippen LogP contribution in [0.4, 0.5) is 0 Å². The molecule has 0 rings (SSSR count). The van der Waals surface area contributed by atoms with Gasteiger partial charge in [-0.05, 0) is 0 Å². The van der Waals surface area contributed by atoms with Crippen LogP contribution in [0.5, 0.6) is 0 Å². The van der Waals surface area contributed by atoms with Crippen LogP contribution in [-0.4, -0.2) is 55.8 Å². The van der Waals surface area contributed by atoms with Crippen molar-refractivity contribution >= 4 is 81.9 Å². The molecule has 0 spiro atoms. The fraction of sp³-hybridized carbons (Fsp3) is 0.500. The van der Waals surface area contributed by atoms with Crippen molar-refractivity contribution in [3.63, 3.8) is 0 Å². The van der Waals surface area contributed by atoms with Crippen molar-refractivity contribution in [3.8, 4) is 0 Å². The molecule has 0 atom stereocenters. The number of carbonyl (C=O) groups is 4. The van der Waals surface area contributed by atoms with Crippen LogP contribution in [0.1, 0.15) is 0 Å². The molecule has 122 valence electrons. The molecule has 8 nitrogen and oxygen atoms in total. The number of alkyl halides is 4. The smallest absolute Gasteiger partial charge is 0.335 e. The van der Waals surface area contributed by atoms with E-state index in [9.17, 15) is 19.2 Å². The standard InChI is InChI=1S/2C4H4Cl2O3.O2S/c2*5-1-3(7)9-4(8)2-6;1-3-2/h2*1-2H2;. The van der Waals surface area contributed by atoms with Gasteiger partial charge in [0.1, 0.15) is 23.5 Å². The van der Waals surface area contributed by atoms with Gasteiger partial charge in [0, 0.05) is 0 Å². The third-order valence-electron chi connectivity index (χ3n) is 0.892. The molecule has 0 heterocycles. The topological polar surface area (TPSA) is 121 Å². The number of esters is 4. The predicted molar refractivity (Wildman–Crippen MR) is 74.0 cm³/mol. The van der Waals surface area contributed by atoms with Crippen LogP contribution in [0.3, 0.4) is 0 Å². The van der Waals surface area contributed by atoms with Gasteiger partial charge >= 0.3 is 35.4 Å². The van der Waals surface area contributed by atoms with E-state index in [1.807, 2.05) is 0 Å². The molecule has 0 aromatic rings. The Balaban J connectivity index is -0.000000260. The minimum Gasteiger partial charge on any atom is -0.391 e. The maximum absolute atomic E-state index is 10.1. The van der Waals surface area contributed by atoms with E-state index < -0.39 is 35.4 Å². The van der Waals surface area contributed by atoms with E-state index in [0.717, 1.165) is 0 Å². The van der Waals surface area contributed by atoms with Crippen LogP contribution in [0.25, 0.3) is 0 Å². The van der Waals surface area contributed by atoms with Gasteiger partial charge in [-0.25, -0.2) is 0 Å². The van der Waals surface area contributed by atoms with Crippen LogP contribution < -0.4 is 0 Å². The van der Waals surface area contributed by atoms with Crippen LogP contribution in [0, 0.1) is 0 Å². The molecule has 13 heteroatoms. The summed E-state index contributed by atoms with van der Waals surface area (Å²) in [7, 11) is 0. The maximum atomic E-state index is 10.1. The molecule has 0 aliphatic heterocycles. The van der Waals surface area contributed by atoms with Crippen LogP contribution in [-0.2, 0) is 40.2 Å².